The summed E-state index contributed by atoms with van der Waals surface area (Å²) in [6.45, 7) is 3.67. The van der Waals surface area contributed by atoms with Gasteiger partial charge in [-0.1, -0.05) is 39.0 Å². The lowest BCUT2D eigenvalue weighted by Gasteiger charge is -2.38. The molecule has 2 aliphatic rings. The Kier molecular flexibility index (Phi) is 5.23. The Hall–Kier alpha value is 0.310. The second kappa shape index (κ2) is 6.47. The number of hydrogen-bond acceptors (Lipinski definition) is 2. The molecule has 0 amide bonds. The summed E-state index contributed by atoms with van der Waals surface area (Å²) >= 11 is 2.12. The summed E-state index contributed by atoms with van der Waals surface area (Å²) in [5, 5.41) is 3.89. The lowest BCUT2D eigenvalue weighted by atomic mass is 9.85. The summed E-state index contributed by atoms with van der Waals surface area (Å²) in [4.78, 5) is 0. The first-order chi connectivity index (χ1) is 8.24. The minimum absolute atomic E-state index is 0.568. The van der Waals surface area contributed by atoms with E-state index in [0.717, 1.165) is 12.0 Å². The topological polar surface area (TPSA) is 12.0 Å². The van der Waals surface area contributed by atoms with Gasteiger partial charge >= 0.3 is 0 Å². The van der Waals surface area contributed by atoms with E-state index in [1.165, 1.54) is 64.3 Å². The standard InChI is InChI=1S/C15H29NS/c1-13-7-6-8-14(11-13)16-12-15(17-2)9-4-3-5-10-15/h13-14,16H,3-12H2,1-2H3. The minimum Gasteiger partial charge on any atom is -0.313 e. The van der Waals surface area contributed by atoms with Gasteiger partial charge in [0.25, 0.3) is 0 Å². The summed E-state index contributed by atoms with van der Waals surface area (Å²) in [6, 6.07) is 0.810. The number of nitrogens with one attached hydrogen (secondary N) is 1. The lowest BCUT2D eigenvalue weighted by molar-refractivity contribution is 0.281. The van der Waals surface area contributed by atoms with E-state index in [0.29, 0.717) is 4.75 Å². The summed E-state index contributed by atoms with van der Waals surface area (Å²) < 4.78 is 0.568. The van der Waals surface area contributed by atoms with E-state index in [1.54, 1.807) is 0 Å². The highest BCUT2D eigenvalue weighted by Crippen LogP contribution is 2.38. The molecular weight excluding hydrogens is 226 g/mol. The van der Waals surface area contributed by atoms with E-state index in [4.69, 9.17) is 0 Å². The Balaban J connectivity index is 1.78. The fourth-order valence-corrected chi connectivity index (χ4v) is 4.52. The van der Waals surface area contributed by atoms with Crippen LogP contribution in [0.3, 0.4) is 0 Å². The molecule has 0 aliphatic heterocycles. The van der Waals surface area contributed by atoms with Crippen molar-refractivity contribution >= 4 is 11.8 Å². The van der Waals surface area contributed by atoms with Crippen LogP contribution in [0, 0.1) is 5.92 Å². The van der Waals surface area contributed by atoms with E-state index in [9.17, 15) is 0 Å². The molecule has 0 aromatic rings. The van der Waals surface area contributed by atoms with E-state index in [-0.39, 0.29) is 0 Å². The largest absolute Gasteiger partial charge is 0.313 e. The average Bonchev–Trinajstić information content (AvgIpc) is 2.38. The number of thioether (sulfide) groups is 1. The van der Waals surface area contributed by atoms with Gasteiger partial charge in [-0.3, -0.25) is 0 Å². The Labute approximate surface area is 112 Å². The summed E-state index contributed by atoms with van der Waals surface area (Å²) in [7, 11) is 0. The molecular formula is C15H29NS. The average molecular weight is 255 g/mol. The second-order valence-corrected chi connectivity index (χ2v) is 7.57. The number of rotatable bonds is 4. The van der Waals surface area contributed by atoms with Crippen molar-refractivity contribution in [2.75, 3.05) is 12.8 Å². The first-order valence-corrected chi connectivity index (χ1v) is 8.75. The molecule has 0 saturated heterocycles. The fourth-order valence-electron chi connectivity index (χ4n) is 3.60. The zero-order valence-corrected chi connectivity index (χ0v) is 12.5. The Morgan fingerprint density at radius 1 is 1.12 bits per heavy atom. The van der Waals surface area contributed by atoms with E-state index in [1.807, 2.05) is 0 Å². The zero-order valence-electron chi connectivity index (χ0n) is 11.6. The van der Waals surface area contributed by atoms with E-state index in [2.05, 4.69) is 30.3 Å². The first-order valence-electron chi connectivity index (χ1n) is 7.53. The third kappa shape index (κ3) is 3.89. The summed E-state index contributed by atoms with van der Waals surface area (Å²) in [5.41, 5.74) is 0. The predicted molar refractivity (Wildman–Crippen MR) is 78.8 cm³/mol. The van der Waals surface area contributed by atoms with Crippen molar-refractivity contribution in [3.8, 4) is 0 Å². The summed E-state index contributed by atoms with van der Waals surface area (Å²) in [6.07, 6.45) is 15.2. The van der Waals surface area contributed by atoms with Gasteiger partial charge in [0, 0.05) is 17.3 Å². The molecule has 0 aromatic heterocycles. The Morgan fingerprint density at radius 3 is 2.53 bits per heavy atom. The highest BCUT2D eigenvalue weighted by atomic mass is 32.2. The van der Waals surface area contributed by atoms with Gasteiger partial charge in [0.05, 0.1) is 0 Å². The molecule has 0 heterocycles. The molecule has 0 aromatic carbocycles. The SMILES string of the molecule is CSC1(CNC2CCCC(C)C2)CCCCC1. The highest BCUT2D eigenvalue weighted by Gasteiger charge is 2.31. The Morgan fingerprint density at radius 2 is 1.88 bits per heavy atom. The maximum atomic E-state index is 3.89. The molecule has 0 bridgehead atoms. The quantitative estimate of drug-likeness (QED) is 0.807. The molecule has 1 nitrogen and oxygen atoms in total. The first kappa shape index (κ1) is 13.7. The minimum atomic E-state index is 0.568. The molecule has 2 fully saturated rings. The third-order valence-electron chi connectivity index (χ3n) is 4.85. The molecule has 0 spiro atoms. The zero-order chi connectivity index (χ0) is 12.1. The van der Waals surface area contributed by atoms with Gasteiger partial charge in [-0.05, 0) is 37.9 Å². The van der Waals surface area contributed by atoms with Crippen LogP contribution in [0.2, 0.25) is 0 Å². The van der Waals surface area contributed by atoms with Crippen molar-refractivity contribution in [3.05, 3.63) is 0 Å². The van der Waals surface area contributed by atoms with Crippen LogP contribution >= 0.6 is 11.8 Å². The van der Waals surface area contributed by atoms with Gasteiger partial charge < -0.3 is 5.32 Å². The van der Waals surface area contributed by atoms with Gasteiger partial charge in [0.15, 0.2) is 0 Å². The molecule has 2 saturated carbocycles. The van der Waals surface area contributed by atoms with Gasteiger partial charge in [-0.15, -0.1) is 0 Å². The highest BCUT2D eigenvalue weighted by molar-refractivity contribution is 8.00. The van der Waals surface area contributed by atoms with Crippen molar-refractivity contribution in [1.29, 1.82) is 0 Å². The van der Waals surface area contributed by atoms with Crippen LogP contribution in [0.25, 0.3) is 0 Å². The van der Waals surface area contributed by atoms with Crippen LogP contribution in [0.15, 0.2) is 0 Å². The van der Waals surface area contributed by atoms with Crippen molar-refractivity contribution in [2.45, 2.75) is 75.5 Å². The molecule has 2 heteroatoms. The van der Waals surface area contributed by atoms with E-state index >= 15 is 0 Å². The van der Waals surface area contributed by atoms with E-state index < -0.39 is 0 Å². The van der Waals surface area contributed by atoms with Crippen LogP contribution in [0.4, 0.5) is 0 Å². The van der Waals surface area contributed by atoms with Crippen molar-refractivity contribution in [3.63, 3.8) is 0 Å². The predicted octanol–water partition coefficient (Wildman–Crippen LogP) is 4.22. The van der Waals surface area contributed by atoms with Crippen LogP contribution < -0.4 is 5.32 Å². The molecule has 17 heavy (non-hydrogen) atoms. The van der Waals surface area contributed by atoms with Crippen LogP contribution in [-0.4, -0.2) is 23.6 Å². The van der Waals surface area contributed by atoms with Gasteiger partial charge in [0.2, 0.25) is 0 Å². The van der Waals surface area contributed by atoms with Crippen molar-refractivity contribution in [1.82, 2.24) is 5.32 Å². The Bertz CT molecular complexity index is 223. The lowest BCUT2D eigenvalue weighted by Crippen LogP contribution is -2.44. The molecule has 0 radical (unpaired) electrons. The fraction of sp³-hybridized carbons (Fsp3) is 1.00. The summed E-state index contributed by atoms with van der Waals surface area (Å²) in [5.74, 6) is 0.942. The molecule has 2 aliphatic carbocycles. The number of hydrogen-bond donors (Lipinski definition) is 1. The van der Waals surface area contributed by atoms with Crippen molar-refractivity contribution in [2.24, 2.45) is 5.92 Å². The van der Waals surface area contributed by atoms with Gasteiger partial charge in [0.1, 0.15) is 0 Å². The molecule has 2 atom stereocenters. The molecule has 2 unspecified atom stereocenters. The van der Waals surface area contributed by atoms with Crippen LogP contribution in [0.1, 0.15) is 64.7 Å². The smallest absolute Gasteiger partial charge is 0.0281 e. The maximum absolute atomic E-state index is 3.89. The van der Waals surface area contributed by atoms with Crippen LogP contribution in [-0.2, 0) is 0 Å². The van der Waals surface area contributed by atoms with Crippen LogP contribution in [0.5, 0.6) is 0 Å². The van der Waals surface area contributed by atoms with Gasteiger partial charge in [-0.2, -0.15) is 11.8 Å². The second-order valence-electron chi connectivity index (χ2n) is 6.30. The van der Waals surface area contributed by atoms with Crippen molar-refractivity contribution < 1.29 is 0 Å². The van der Waals surface area contributed by atoms with Gasteiger partial charge in [-0.25, -0.2) is 0 Å². The normalized spacial score (nSPS) is 33.5. The molecule has 1 N–H and O–H groups in total. The molecule has 100 valence electrons. The molecule has 2 rings (SSSR count). The maximum Gasteiger partial charge on any atom is 0.0281 e. The monoisotopic (exact) mass is 255 g/mol. The third-order valence-corrected chi connectivity index (χ3v) is 6.27.